The second-order valence-corrected chi connectivity index (χ2v) is 13.1. The molecule has 56 heavy (non-hydrogen) atoms. The Morgan fingerprint density at radius 2 is 0.696 bits per heavy atom. The molecule has 4 heterocycles. The molecule has 0 aromatic carbocycles. The summed E-state index contributed by atoms with van der Waals surface area (Å²) in [6.07, 6.45) is -18.2. The van der Waals surface area contributed by atoms with E-state index < -0.39 is 147 Å². The van der Waals surface area contributed by atoms with Gasteiger partial charge >= 0.3 is 47.8 Å². The molecule has 4 aliphatic rings. The first-order chi connectivity index (χ1) is 26.3. The molecular weight excluding hydrogens is 760 g/mol. The van der Waals surface area contributed by atoms with E-state index in [0.29, 0.717) is 0 Å². The van der Waals surface area contributed by atoms with Crippen LogP contribution in [-0.2, 0) is 105 Å². The van der Waals surface area contributed by atoms with Crippen molar-refractivity contribution in [2.75, 3.05) is 26.4 Å². The van der Waals surface area contributed by atoms with Crippen LogP contribution in [0.2, 0.25) is 0 Å². The Kier molecular flexibility index (Phi) is 15.5. The normalized spacial score (nSPS) is 34.9. The van der Waals surface area contributed by atoms with E-state index in [1.165, 1.54) is 0 Å². The highest BCUT2D eigenvalue weighted by Crippen LogP contribution is 2.38. The maximum atomic E-state index is 12.3. The van der Waals surface area contributed by atoms with Crippen LogP contribution in [0.4, 0.5) is 0 Å². The van der Waals surface area contributed by atoms with E-state index >= 15 is 0 Å². The van der Waals surface area contributed by atoms with Gasteiger partial charge in [0.15, 0.2) is 49.2 Å². The molecule has 0 unspecified atom stereocenters. The third-order valence-corrected chi connectivity index (χ3v) is 8.48. The van der Waals surface area contributed by atoms with E-state index in [9.17, 15) is 38.4 Å². The molecule has 0 saturated carbocycles. The summed E-state index contributed by atoms with van der Waals surface area (Å²) in [5, 5.41) is 0. The average molecular weight is 807 g/mol. The minimum Gasteiger partial charge on any atom is -0.463 e. The molecule has 4 fully saturated rings. The third kappa shape index (κ3) is 11.8. The van der Waals surface area contributed by atoms with Crippen molar-refractivity contribution in [2.24, 2.45) is 0 Å². The van der Waals surface area contributed by atoms with Crippen LogP contribution < -0.4 is 0 Å². The molecule has 0 bridgehead atoms. The molecule has 22 heteroatoms. The first-order valence-electron chi connectivity index (χ1n) is 17.5. The fourth-order valence-electron chi connectivity index (χ4n) is 6.60. The van der Waals surface area contributed by atoms with Gasteiger partial charge in [0.2, 0.25) is 0 Å². The van der Waals surface area contributed by atoms with Gasteiger partial charge in [-0.2, -0.15) is 0 Å². The van der Waals surface area contributed by atoms with Crippen LogP contribution in [0.25, 0.3) is 0 Å². The molecule has 0 aromatic heterocycles. The summed E-state index contributed by atoms with van der Waals surface area (Å²) >= 11 is 0. The van der Waals surface area contributed by atoms with E-state index in [0.717, 1.165) is 55.4 Å². The number of hydrogen-bond donors (Lipinski definition) is 0. The van der Waals surface area contributed by atoms with Crippen molar-refractivity contribution in [1.29, 1.82) is 0 Å². The van der Waals surface area contributed by atoms with Gasteiger partial charge in [-0.1, -0.05) is 0 Å². The largest absolute Gasteiger partial charge is 0.463 e. The van der Waals surface area contributed by atoms with Crippen LogP contribution >= 0.6 is 0 Å². The molecule has 22 nitrogen and oxygen atoms in total. The molecule has 0 spiro atoms. The standard InChI is InChI=1S/C34H46O22/c1-13(35)43-9-23-27(47-15(3)37)29(49-17(5)39)31(51-19(7)41)33(55-23)53-21-11-45-26-22(12-46-25(21)26)54-34-32(52-20(8)42)30(50-18(6)40)28(48-16(4)38)24(56-34)10-44-14(2)36/h21-34H,9-12H2,1-8H3/t21-,22+,23-,24-,25-,26-,27-,28-,29+,30+,31-,32-,33-,34-/m1/s1. The Morgan fingerprint density at radius 1 is 0.411 bits per heavy atom. The molecule has 0 radical (unpaired) electrons. The van der Waals surface area contributed by atoms with Crippen molar-refractivity contribution < 1.29 is 105 Å². The van der Waals surface area contributed by atoms with Crippen LogP contribution in [0.1, 0.15) is 55.4 Å². The maximum absolute atomic E-state index is 12.3. The average Bonchev–Trinajstić information content (AvgIpc) is 3.66. The zero-order valence-electron chi connectivity index (χ0n) is 31.9. The predicted molar refractivity (Wildman–Crippen MR) is 173 cm³/mol. The molecular formula is C34H46O22. The van der Waals surface area contributed by atoms with Crippen molar-refractivity contribution in [3.63, 3.8) is 0 Å². The quantitative estimate of drug-likeness (QED) is 0.146. The van der Waals surface area contributed by atoms with E-state index in [1.54, 1.807) is 0 Å². The van der Waals surface area contributed by atoms with E-state index in [4.69, 9.17) is 66.3 Å². The number of rotatable bonds is 14. The van der Waals surface area contributed by atoms with Gasteiger partial charge < -0.3 is 66.3 Å². The Morgan fingerprint density at radius 3 is 0.982 bits per heavy atom. The molecule has 0 amide bonds. The summed E-state index contributed by atoms with van der Waals surface area (Å²) < 4.78 is 79.5. The highest BCUT2D eigenvalue weighted by molar-refractivity contribution is 5.70. The number of esters is 8. The smallest absolute Gasteiger partial charge is 0.303 e. The lowest BCUT2D eigenvalue weighted by Gasteiger charge is -2.44. The Hall–Kier alpha value is -4.48. The van der Waals surface area contributed by atoms with Crippen molar-refractivity contribution in [3.8, 4) is 0 Å². The van der Waals surface area contributed by atoms with Gasteiger partial charge in [0.25, 0.3) is 0 Å². The number of carbonyl (C=O) groups is 8. The van der Waals surface area contributed by atoms with Crippen molar-refractivity contribution in [2.45, 2.75) is 141 Å². The molecule has 4 saturated heterocycles. The first kappa shape index (κ1) is 44.2. The molecule has 4 rings (SSSR count). The number of carbonyl (C=O) groups excluding carboxylic acids is 8. The summed E-state index contributed by atoms with van der Waals surface area (Å²) in [5.74, 6) is -6.35. The topological polar surface area (TPSA) is 266 Å². The van der Waals surface area contributed by atoms with Gasteiger partial charge in [-0.3, -0.25) is 38.4 Å². The lowest BCUT2D eigenvalue weighted by Crippen LogP contribution is -2.63. The molecule has 0 N–H and O–H groups in total. The minimum atomic E-state index is -1.54. The summed E-state index contributed by atoms with van der Waals surface area (Å²) in [7, 11) is 0. The fourth-order valence-corrected chi connectivity index (χ4v) is 6.60. The summed E-state index contributed by atoms with van der Waals surface area (Å²) in [4.78, 5) is 96.6. The van der Waals surface area contributed by atoms with Crippen molar-refractivity contribution in [3.05, 3.63) is 0 Å². The molecule has 14 atom stereocenters. The van der Waals surface area contributed by atoms with Gasteiger partial charge in [-0.25, -0.2) is 0 Å². The lowest BCUT2D eigenvalue weighted by atomic mass is 9.97. The number of hydrogen-bond acceptors (Lipinski definition) is 22. The van der Waals surface area contributed by atoms with Crippen molar-refractivity contribution >= 4 is 47.8 Å². The highest BCUT2D eigenvalue weighted by atomic mass is 16.8. The van der Waals surface area contributed by atoms with Gasteiger partial charge in [0.1, 0.15) is 49.8 Å². The minimum absolute atomic E-state index is 0.166. The van der Waals surface area contributed by atoms with Gasteiger partial charge in [-0.05, 0) is 0 Å². The second kappa shape index (κ2) is 19.6. The Bertz CT molecular complexity index is 1370. The summed E-state index contributed by atoms with van der Waals surface area (Å²) in [6, 6.07) is 0. The third-order valence-electron chi connectivity index (χ3n) is 8.48. The molecule has 0 aliphatic carbocycles. The highest BCUT2D eigenvalue weighted by Gasteiger charge is 2.58. The fraction of sp³-hybridized carbons (Fsp3) is 0.765. The monoisotopic (exact) mass is 806 g/mol. The predicted octanol–water partition coefficient (Wildman–Crippen LogP) is -1.28. The van der Waals surface area contributed by atoms with E-state index in [-0.39, 0.29) is 13.2 Å². The van der Waals surface area contributed by atoms with Crippen LogP contribution in [-0.4, -0.2) is 160 Å². The lowest BCUT2D eigenvalue weighted by molar-refractivity contribution is -0.321. The van der Waals surface area contributed by atoms with Crippen LogP contribution in [0.5, 0.6) is 0 Å². The molecule has 314 valence electrons. The van der Waals surface area contributed by atoms with Crippen LogP contribution in [0.3, 0.4) is 0 Å². The summed E-state index contributed by atoms with van der Waals surface area (Å²) in [5.41, 5.74) is 0. The van der Waals surface area contributed by atoms with Crippen molar-refractivity contribution in [1.82, 2.24) is 0 Å². The van der Waals surface area contributed by atoms with E-state index in [2.05, 4.69) is 0 Å². The zero-order valence-corrected chi connectivity index (χ0v) is 31.9. The number of ether oxygens (including phenoxy) is 14. The maximum Gasteiger partial charge on any atom is 0.303 e. The van der Waals surface area contributed by atoms with Gasteiger partial charge in [-0.15, -0.1) is 0 Å². The zero-order chi connectivity index (χ0) is 41.4. The Labute approximate surface area is 320 Å². The summed E-state index contributed by atoms with van der Waals surface area (Å²) in [6.45, 7) is 7.48. The second-order valence-electron chi connectivity index (χ2n) is 13.1. The first-order valence-corrected chi connectivity index (χ1v) is 17.5. The van der Waals surface area contributed by atoms with Crippen LogP contribution in [0, 0.1) is 0 Å². The Balaban J connectivity index is 1.59. The molecule has 0 aromatic rings. The SMILES string of the molecule is CC(=O)OC[C@H]1O[C@@H](O[C@H]2CO[C@H]3[C@@H]2OC[C@H]3O[C@@H]2O[C@H](COC(C)=O)[C@@H](OC(C)=O)[C@H](OC(C)=O)[C@H]2OC(C)=O)[C@H](OC(C)=O)[C@@H](OC(C)=O)[C@@H]1OC(C)=O. The van der Waals surface area contributed by atoms with Gasteiger partial charge in [0, 0.05) is 55.4 Å². The van der Waals surface area contributed by atoms with Crippen LogP contribution in [0.15, 0.2) is 0 Å². The van der Waals surface area contributed by atoms with E-state index in [1.807, 2.05) is 0 Å². The number of fused-ring (bicyclic) bond motifs is 1. The molecule has 4 aliphatic heterocycles. The van der Waals surface area contributed by atoms with Gasteiger partial charge in [0.05, 0.1) is 13.2 Å².